The molecule has 0 unspecified atom stereocenters. The van der Waals surface area contributed by atoms with Crippen LogP contribution in [-0.4, -0.2) is 4.98 Å². The quantitative estimate of drug-likeness (QED) is 0.652. The number of halogens is 1. The number of fused-ring (bicyclic) bond motifs is 1. The van der Waals surface area contributed by atoms with Crippen LogP contribution in [0, 0.1) is 6.92 Å². The Hall–Kier alpha value is -1.02. The molecule has 0 aliphatic carbocycles. The van der Waals surface area contributed by atoms with Gasteiger partial charge in [-0.2, -0.15) is 0 Å². The molecule has 68 valence electrons. The molecule has 0 amide bonds. The fourth-order valence-corrected chi connectivity index (χ4v) is 1.32. The highest BCUT2D eigenvalue weighted by Crippen LogP contribution is 2.24. The Bertz CT molecular complexity index is 433. The van der Waals surface area contributed by atoms with Crippen LogP contribution in [0.2, 0.25) is 0 Å². The molecule has 1 aromatic heterocycles. The molecule has 2 aromatic rings. The Balaban J connectivity index is 2.62. The lowest BCUT2D eigenvalue weighted by Crippen LogP contribution is -1.81. The van der Waals surface area contributed by atoms with Gasteiger partial charge in [0.25, 0.3) is 0 Å². The molecule has 0 aliphatic heterocycles. The first-order valence-electron chi connectivity index (χ1n) is 4.18. The lowest BCUT2D eigenvalue weighted by molar-refractivity contribution is 0.531. The molecule has 0 fully saturated rings. The number of hydrogen-bond acceptors (Lipinski definition) is 2. The number of nitrogens with zero attached hydrogens (tertiary/aromatic N) is 1. The van der Waals surface area contributed by atoms with Crippen LogP contribution in [-0.2, 0) is 0 Å². The summed E-state index contributed by atoms with van der Waals surface area (Å²) in [6.07, 6.45) is 0. The molecule has 0 saturated heterocycles. The highest BCUT2D eigenvalue weighted by Gasteiger charge is 2.09. The second-order valence-corrected chi connectivity index (χ2v) is 3.79. The summed E-state index contributed by atoms with van der Waals surface area (Å²) in [5.74, 6) is 0.585. The Morgan fingerprint density at radius 1 is 1.46 bits per heavy atom. The summed E-state index contributed by atoms with van der Waals surface area (Å²) in [5, 5.41) is -0.173. The Labute approximate surface area is 81.5 Å². The van der Waals surface area contributed by atoms with Gasteiger partial charge >= 0.3 is 0 Å². The molecule has 0 spiro atoms. The van der Waals surface area contributed by atoms with E-state index in [0.717, 1.165) is 11.1 Å². The van der Waals surface area contributed by atoms with Gasteiger partial charge in [0.15, 0.2) is 5.58 Å². The molecular formula is C10H10ClNO. The summed E-state index contributed by atoms with van der Waals surface area (Å²) >= 11 is 5.86. The minimum atomic E-state index is -0.173. The highest BCUT2D eigenvalue weighted by molar-refractivity contribution is 6.20. The molecule has 0 radical (unpaired) electrons. The maximum atomic E-state index is 5.86. The zero-order valence-corrected chi connectivity index (χ0v) is 8.30. The van der Waals surface area contributed by atoms with Crippen LogP contribution in [0.25, 0.3) is 11.1 Å². The van der Waals surface area contributed by atoms with E-state index in [0.29, 0.717) is 5.89 Å². The van der Waals surface area contributed by atoms with Crippen LogP contribution in [0.5, 0.6) is 0 Å². The number of rotatable bonds is 1. The van der Waals surface area contributed by atoms with Crippen molar-refractivity contribution in [2.24, 2.45) is 0 Å². The molecule has 13 heavy (non-hydrogen) atoms. The Morgan fingerprint density at radius 3 is 2.92 bits per heavy atom. The average molecular weight is 196 g/mol. The number of aromatic nitrogens is 1. The van der Waals surface area contributed by atoms with Crippen molar-refractivity contribution < 1.29 is 4.42 Å². The minimum absolute atomic E-state index is 0.173. The predicted molar refractivity (Wildman–Crippen MR) is 53.0 cm³/mol. The molecule has 0 saturated carbocycles. The van der Waals surface area contributed by atoms with E-state index in [2.05, 4.69) is 4.98 Å². The van der Waals surface area contributed by atoms with E-state index in [4.69, 9.17) is 16.0 Å². The maximum Gasteiger partial charge on any atom is 0.213 e. The van der Waals surface area contributed by atoms with Gasteiger partial charge in [0.05, 0.1) is 0 Å². The monoisotopic (exact) mass is 195 g/mol. The highest BCUT2D eigenvalue weighted by atomic mass is 35.5. The molecule has 1 aromatic carbocycles. The van der Waals surface area contributed by atoms with E-state index in [-0.39, 0.29) is 5.38 Å². The van der Waals surface area contributed by atoms with Gasteiger partial charge in [-0.15, -0.1) is 11.6 Å². The standard InChI is InChI=1S/C10H10ClNO/c1-6-3-4-9-8(5-6)12-10(13-9)7(2)11/h3-5,7H,1-2H3/t7-/m0/s1. The van der Waals surface area contributed by atoms with Crippen LogP contribution < -0.4 is 0 Å². The second-order valence-electron chi connectivity index (χ2n) is 3.14. The molecular weight excluding hydrogens is 186 g/mol. The summed E-state index contributed by atoms with van der Waals surface area (Å²) in [4.78, 5) is 4.27. The van der Waals surface area contributed by atoms with Gasteiger partial charge in [-0.05, 0) is 31.5 Å². The summed E-state index contributed by atoms with van der Waals surface area (Å²) in [6, 6.07) is 5.90. The zero-order valence-electron chi connectivity index (χ0n) is 7.54. The Kier molecular flexibility index (Phi) is 2.00. The summed E-state index contributed by atoms with van der Waals surface area (Å²) in [6.45, 7) is 3.87. The number of alkyl halides is 1. The molecule has 0 bridgehead atoms. The number of oxazole rings is 1. The van der Waals surface area contributed by atoms with Gasteiger partial charge < -0.3 is 4.42 Å². The first kappa shape index (κ1) is 8.57. The largest absolute Gasteiger partial charge is 0.439 e. The summed E-state index contributed by atoms with van der Waals surface area (Å²) < 4.78 is 5.44. The normalized spacial score (nSPS) is 13.5. The first-order chi connectivity index (χ1) is 6.16. The van der Waals surface area contributed by atoms with Crippen molar-refractivity contribution in [3.05, 3.63) is 29.7 Å². The first-order valence-corrected chi connectivity index (χ1v) is 4.61. The third kappa shape index (κ3) is 1.54. The third-order valence-corrected chi connectivity index (χ3v) is 2.09. The lowest BCUT2D eigenvalue weighted by atomic mass is 10.2. The minimum Gasteiger partial charge on any atom is -0.439 e. The van der Waals surface area contributed by atoms with Crippen LogP contribution in [0.3, 0.4) is 0 Å². The third-order valence-electron chi connectivity index (χ3n) is 1.90. The van der Waals surface area contributed by atoms with Crippen molar-refractivity contribution in [3.63, 3.8) is 0 Å². The van der Waals surface area contributed by atoms with Crippen LogP contribution in [0.15, 0.2) is 22.6 Å². The number of aryl methyl sites for hydroxylation is 1. The van der Waals surface area contributed by atoms with E-state index in [9.17, 15) is 0 Å². The summed E-state index contributed by atoms with van der Waals surface area (Å²) in [7, 11) is 0. The average Bonchev–Trinajstić information content (AvgIpc) is 2.46. The predicted octanol–water partition coefficient (Wildman–Crippen LogP) is 3.44. The summed E-state index contributed by atoms with van der Waals surface area (Å²) in [5.41, 5.74) is 2.85. The number of benzene rings is 1. The topological polar surface area (TPSA) is 26.0 Å². The van der Waals surface area contributed by atoms with Crippen molar-refractivity contribution in [1.29, 1.82) is 0 Å². The van der Waals surface area contributed by atoms with Crippen LogP contribution >= 0.6 is 11.6 Å². The van der Waals surface area contributed by atoms with Gasteiger partial charge in [-0.3, -0.25) is 0 Å². The molecule has 1 atom stereocenters. The van der Waals surface area contributed by atoms with Gasteiger partial charge in [0.1, 0.15) is 10.9 Å². The van der Waals surface area contributed by atoms with E-state index in [1.807, 2.05) is 32.0 Å². The number of hydrogen-bond donors (Lipinski definition) is 0. The van der Waals surface area contributed by atoms with Gasteiger partial charge in [-0.1, -0.05) is 6.07 Å². The Morgan fingerprint density at radius 2 is 2.23 bits per heavy atom. The van der Waals surface area contributed by atoms with Gasteiger partial charge in [-0.25, -0.2) is 4.98 Å². The van der Waals surface area contributed by atoms with Crippen LogP contribution in [0.4, 0.5) is 0 Å². The van der Waals surface area contributed by atoms with E-state index in [1.54, 1.807) is 0 Å². The smallest absolute Gasteiger partial charge is 0.213 e. The lowest BCUT2D eigenvalue weighted by Gasteiger charge is -1.91. The SMILES string of the molecule is Cc1ccc2oc([C@H](C)Cl)nc2c1. The van der Waals surface area contributed by atoms with Crippen molar-refractivity contribution in [1.82, 2.24) is 4.98 Å². The van der Waals surface area contributed by atoms with Crippen molar-refractivity contribution >= 4 is 22.7 Å². The van der Waals surface area contributed by atoms with Gasteiger partial charge in [0.2, 0.25) is 5.89 Å². The van der Waals surface area contributed by atoms with Crippen molar-refractivity contribution in [2.45, 2.75) is 19.2 Å². The fourth-order valence-electron chi connectivity index (χ4n) is 1.23. The van der Waals surface area contributed by atoms with Gasteiger partial charge in [0, 0.05) is 0 Å². The van der Waals surface area contributed by atoms with Crippen LogP contribution in [0.1, 0.15) is 23.8 Å². The molecule has 0 N–H and O–H groups in total. The second kappa shape index (κ2) is 3.04. The van der Waals surface area contributed by atoms with E-state index >= 15 is 0 Å². The van der Waals surface area contributed by atoms with E-state index < -0.39 is 0 Å². The molecule has 3 heteroatoms. The molecule has 0 aliphatic rings. The zero-order chi connectivity index (χ0) is 9.42. The van der Waals surface area contributed by atoms with Crippen molar-refractivity contribution in [3.8, 4) is 0 Å². The van der Waals surface area contributed by atoms with Crippen molar-refractivity contribution in [2.75, 3.05) is 0 Å². The molecule has 1 heterocycles. The maximum absolute atomic E-state index is 5.86. The molecule has 2 nitrogen and oxygen atoms in total. The molecule has 2 rings (SSSR count). The fraction of sp³-hybridized carbons (Fsp3) is 0.300. The van der Waals surface area contributed by atoms with E-state index in [1.165, 1.54) is 5.56 Å².